The van der Waals surface area contributed by atoms with E-state index in [9.17, 15) is 4.79 Å². The molecule has 1 heterocycles. The van der Waals surface area contributed by atoms with Gasteiger partial charge >= 0.3 is 0 Å². The Morgan fingerprint density at radius 3 is 3.00 bits per heavy atom. The summed E-state index contributed by atoms with van der Waals surface area (Å²) in [4.78, 5) is 13.7. The summed E-state index contributed by atoms with van der Waals surface area (Å²) < 4.78 is 0. The van der Waals surface area contributed by atoms with Gasteiger partial charge in [0.2, 0.25) is 5.56 Å². The van der Waals surface area contributed by atoms with Crippen LogP contribution in [-0.4, -0.2) is 15.9 Å². The second kappa shape index (κ2) is 3.05. The summed E-state index contributed by atoms with van der Waals surface area (Å²) >= 11 is 0. The molecule has 0 fully saturated rings. The fraction of sp³-hybridized carbons (Fsp3) is 0.333. The normalized spacial score (nSPS) is 18.6. The Balaban J connectivity index is 2.58. The first-order valence-corrected chi connectivity index (χ1v) is 4.25. The number of oxime groups is 1. The smallest absolute Gasteiger partial charge is 0.248 e. The molecule has 0 atom stereocenters. The van der Waals surface area contributed by atoms with E-state index in [0.717, 1.165) is 30.5 Å². The number of H-pyrrole nitrogens is 1. The fourth-order valence-electron chi connectivity index (χ4n) is 1.66. The fourth-order valence-corrected chi connectivity index (χ4v) is 1.66. The summed E-state index contributed by atoms with van der Waals surface area (Å²) in [6, 6.07) is 3.16. The Morgan fingerprint density at radius 1 is 1.38 bits per heavy atom. The molecule has 1 aliphatic rings. The van der Waals surface area contributed by atoms with Crippen LogP contribution in [-0.2, 0) is 6.42 Å². The number of aryl methyl sites for hydroxylation is 1. The van der Waals surface area contributed by atoms with Crippen molar-refractivity contribution >= 4 is 5.71 Å². The molecular weight excluding hydrogens is 168 g/mol. The first kappa shape index (κ1) is 8.04. The summed E-state index contributed by atoms with van der Waals surface area (Å²) in [5, 5.41) is 11.9. The predicted octanol–water partition coefficient (Wildman–Crippen LogP) is 0.889. The van der Waals surface area contributed by atoms with Crippen LogP contribution in [0.15, 0.2) is 22.1 Å². The topological polar surface area (TPSA) is 65.5 Å². The van der Waals surface area contributed by atoms with Crippen LogP contribution >= 0.6 is 0 Å². The molecule has 2 N–H and O–H groups in total. The molecule has 68 valence electrons. The molecule has 0 saturated heterocycles. The van der Waals surface area contributed by atoms with Crippen molar-refractivity contribution in [1.29, 1.82) is 0 Å². The molecule has 4 nitrogen and oxygen atoms in total. The number of hydrogen-bond donors (Lipinski definition) is 2. The van der Waals surface area contributed by atoms with Gasteiger partial charge in [-0.25, -0.2) is 0 Å². The third-order valence-corrected chi connectivity index (χ3v) is 2.27. The van der Waals surface area contributed by atoms with E-state index in [1.165, 1.54) is 6.07 Å². The van der Waals surface area contributed by atoms with Gasteiger partial charge in [-0.15, -0.1) is 0 Å². The van der Waals surface area contributed by atoms with E-state index in [2.05, 4.69) is 10.1 Å². The van der Waals surface area contributed by atoms with Crippen molar-refractivity contribution in [1.82, 2.24) is 4.98 Å². The van der Waals surface area contributed by atoms with Gasteiger partial charge in [-0.05, 0) is 25.3 Å². The molecule has 0 saturated carbocycles. The molecule has 0 spiro atoms. The third-order valence-electron chi connectivity index (χ3n) is 2.27. The lowest BCUT2D eigenvalue weighted by Crippen LogP contribution is -2.18. The lowest BCUT2D eigenvalue weighted by molar-refractivity contribution is 0.317. The maximum Gasteiger partial charge on any atom is 0.248 e. The van der Waals surface area contributed by atoms with Gasteiger partial charge in [-0.3, -0.25) is 4.79 Å². The van der Waals surface area contributed by atoms with Crippen LogP contribution in [0.4, 0.5) is 0 Å². The first-order valence-electron chi connectivity index (χ1n) is 4.25. The minimum absolute atomic E-state index is 0.0991. The van der Waals surface area contributed by atoms with E-state index in [1.54, 1.807) is 6.07 Å². The van der Waals surface area contributed by atoms with Crippen LogP contribution in [0.1, 0.15) is 24.1 Å². The van der Waals surface area contributed by atoms with E-state index >= 15 is 0 Å². The number of aromatic nitrogens is 1. The van der Waals surface area contributed by atoms with Crippen molar-refractivity contribution in [3.63, 3.8) is 0 Å². The minimum atomic E-state index is -0.0991. The monoisotopic (exact) mass is 178 g/mol. The zero-order valence-electron chi connectivity index (χ0n) is 7.08. The quantitative estimate of drug-likeness (QED) is 0.457. The summed E-state index contributed by atoms with van der Waals surface area (Å²) in [5.41, 5.74) is 2.32. The highest BCUT2D eigenvalue weighted by atomic mass is 16.4. The van der Waals surface area contributed by atoms with Crippen molar-refractivity contribution in [2.45, 2.75) is 19.3 Å². The van der Waals surface area contributed by atoms with Crippen LogP contribution < -0.4 is 5.56 Å². The predicted molar refractivity (Wildman–Crippen MR) is 48.3 cm³/mol. The molecule has 1 aromatic heterocycles. The lowest BCUT2D eigenvalue weighted by Gasteiger charge is -2.15. The van der Waals surface area contributed by atoms with Crippen LogP contribution in [0.3, 0.4) is 0 Å². The highest BCUT2D eigenvalue weighted by Crippen LogP contribution is 2.17. The van der Waals surface area contributed by atoms with Crippen LogP contribution in [0.2, 0.25) is 0 Å². The van der Waals surface area contributed by atoms with Gasteiger partial charge in [0.1, 0.15) is 0 Å². The molecule has 1 aromatic rings. The van der Waals surface area contributed by atoms with Gasteiger partial charge in [0.05, 0.1) is 5.71 Å². The van der Waals surface area contributed by atoms with Gasteiger partial charge in [-0.2, -0.15) is 0 Å². The summed E-state index contributed by atoms with van der Waals surface area (Å²) in [6.07, 6.45) is 2.55. The number of fused-ring (bicyclic) bond motifs is 1. The second-order valence-electron chi connectivity index (χ2n) is 3.12. The first-order chi connectivity index (χ1) is 6.31. The average Bonchev–Trinajstić information content (AvgIpc) is 2.16. The van der Waals surface area contributed by atoms with Crippen molar-refractivity contribution in [3.05, 3.63) is 33.7 Å². The summed E-state index contributed by atoms with van der Waals surface area (Å²) in [6.45, 7) is 0. The van der Waals surface area contributed by atoms with Gasteiger partial charge in [0, 0.05) is 17.3 Å². The number of nitrogens with one attached hydrogen (secondary N) is 1. The summed E-state index contributed by atoms with van der Waals surface area (Å²) in [5.74, 6) is 0. The Morgan fingerprint density at radius 2 is 2.23 bits per heavy atom. The number of pyridine rings is 1. The van der Waals surface area contributed by atoms with E-state index in [-0.39, 0.29) is 5.56 Å². The maximum absolute atomic E-state index is 11.0. The Kier molecular flexibility index (Phi) is 1.88. The molecule has 0 aliphatic heterocycles. The van der Waals surface area contributed by atoms with E-state index in [1.807, 2.05) is 0 Å². The molecule has 0 aromatic carbocycles. The zero-order chi connectivity index (χ0) is 9.26. The number of hydrogen-bond acceptors (Lipinski definition) is 3. The second-order valence-corrected chi connectivity index (χ2v) is 3.12. The third kappa shape index (κ3) is 1.35. The molecule has 0 bridgehead atoms. The Labute approximate surface area is 74.9 Å². The maximum atomic E-state index is 11.0. The number of aromatic amines is 1. The van der Waals surface area contributed by atoms with Crippen molar-refractivity contribution in [3.8, 4) is 0 Å². The summed E-state index contributed by atoms with van der Waals surface area (Å²) in [7, 11) is 0. The highest BCUT2D eigenvalue weighted by Gasteiger charge is 2.15. The van der Waals surface area contributed by atoms with Gasteiger partial charge in [0.25, 0.3) is 0 Å². The minimum Gasteiger partial charge on any atom is -0.411 e. The van der Waals surface area contributed by atoms with Crippen molar-refractivity contribution < 1.29 is 5.21 Å². The average molecular weight is 178 g/mol. The number of rotatable bonds is 0. The van der Waals surface area contributed by atoms with Crippen molar-refractivity contribution in [2.24, 2.45) is 5.16 Å². The molecule has 0 amide bonds. The molecular formula is C9H10N2O2. The molecule has 1 aliphatic carbocycles. The Bertz CT molecular complexity index is 406. The molecule has 0 radical (unpaired) electrons. The van der Waals surface area contributed by atoms with E-state index < -0.39 is 0 Å². The van der Waals surface area contributed by atoms with E-state index in [4.69, 9.17) is 5.21 Å². The van der Waals surface area contributed by atoms with Gasteiger partial charge in [0.15, 0.2) is 0 Å². The highest BCUT2D eigenvalue weighted by molar-refractivity contribution is 6.01. The van der Waals surface area contributed by atoms with Crippen molar-refractivity contribution in [2.75, 3.05) is 0 Å². The molecule has 2 rings (SSSR count). The van der Waals surface area contributed by atoms with Crippen LogP contribution in [0.25, 0.3) is 0 Å². The van der Waals surface area contributed by atoms with Gasteiger partial charge < -0.3 is 10.2 Å². The standard InChI is InChI=1S/C9H10N2O2/c12-9-5-4-6-7(10-9)2-1-3-8(6)11-13/h4-5,13H,1-3H2,(H,10,12)/b11-8+. The number of nitrogens with zero attached hydrogens (tertiary/aromatic N) is 1. The molecule has 13 heavy (non-hydrogen) atoms. The zero-order valence-corrected chi connectivity index (χ0v) is 7.08. The molecule has 0 unspecified atom stereocenters. The van der Waals surface area contributed by atoms with Gasteiger partial charge in [-0.1, -0.05) is 5.16 Å². The molecule has 4 heteroatoms. The van der Waals surface area contributed by atoms with Crippen LogP contribution in [0, 0.1) is 0 Å². The Hall–Kier alpha value is -1.58. The van der Waals surface area contributed by atoms with E-state index in [0.29, 0.717) is 5.71 Å². The van der Waals surface area contributed by atoms with Crippen LogP contribution in [0.5, 0.6) is 0 Å². The largest absolute Gasteiger partial charge is 0.411 e. The lowest BCUT2D eigenvalue weighted by atomic mass is 9.94. The SMILES string of the molecule is O=c1ccc2c([nH]1)CCC/C2=N\O.